The van der Waals surface area contributed by atoms with Crippen LogP contribution in [0, 0.1) is 5.82 Å². The summed E-state index contributed by atoms with van der Waals surface area (Å²) >= 11 is 9.34. The molecule has 2 fully saturated rings. The van der Waals surface area contributed by atoms with Gasteiger partial charge in [0.25, 0.3) is 18.0 Å². The fourth-order valence-electron chi connectivity index (χ4n) is 4.92. The van der Waals surface area contributed by atoms with E-state index in [9.17, 15) is 18.0 Å². The molecule has 1 aromatic carbocycles. The van der Waals surface area contributed by atoms with Gasteiger partial charge in [-0.2, -0.15) is 4.98 Å². The Labute approximate surface area is 218 Å². The first-order chi connectivity index (χ1) is 17.1. The standard InChI is InChI=1S/C23H26BrClF4N4O3/c1-2-4-13(30-8-14(27)28)10-35-20-15-19(18(29)16(24)17(20)25)31-22(32-21(15)34)36-11-23-5-3-6-33(23)9-12(26)7-23/h2,4,12-14,30H,3,5-11H2,1H3,(H,31,32,34)/b4-2-/t12-,13+,23+/m1/s1. The Morgan fingerprint density at radius 1 is 1.42 bits per heavy atom. The quantitative estimate of drug-likeness (QED) is 0.237. The number of halogens is 6. The first-order valence-electron chi connectivity index (χ1n) is 11.5. The van der Waals surface area contributed by atoms with Crippen LogP contribution in [0.25, 0.3) is 10.9 Å². The number of aromatic nitrogens is 2. The predicted molar refractivity (Wildman–Crippen MR) is 132 cm³/mol. The number of alkyl halides is 3. The summed E-state index contributed by atoms with van der Waals surface area (Å²) in [5.74, 6) is -1.03. The molecule has 0 unspecified atom stereocenters. The van der Waals surface area contributed by atoms with Crippen molar-refractivity contribution in [3.8, 4) is 11.8 Å². The molecule has 0 radical (unpaired) electrons. The summed E-state index contributed by atoms with van der Waals surface area (Å²) in [6, 6.07) is -0.826. The van der Waals surface area contributed by atoms with Crippen molar-refractivity contribution in [2.75, 3.05) is 32.8 Å². The molecule has 3 atom stereocenters. The zero-order valence-electron chi connectivity index (χ0n) is 19.4. The summed E-state index contributed by atoms with van der Waals surface area (Å²) in [5, 5.41) is 2.19. The lowest BCUT2D eigenvalue weighted by atomic mass is 9.95. The van der Waals surface area contributed by atoms with Crippen LogP contribution in [0.1, 0.15) is 26.2 Å². The number of H-pyrrole nitrogens is 1. The monoisotopic (exact) mass is 596 g/mol. The van der Waals surface area contributed by atoms with Crippen LogP contribution in [0.3, 0.4) is 0 Å². The summed E-state index contributed by atoms with van der Waals surface area (Å²) in [5.41, 5.74) is -1.57. The van der Waals surface area contributed by atoms with Gasteiger partial charge in [0.15, 0.2) is 11.6 Å². The highest BCUT2D eigenvalue weighted by molar-refractivity contribution is 9.10. The Bertz CT molecular complexity index is 1200. The van der Waals surface area contributed by atoms with Gasteiger partial charge in [-0.25, -0.2) is 17.6 Å². The van der Waals surface area contributed by atoms with Crippen LogP contribution in [0.2, 0.25) is 5.02 Å². The van der Waals surface area contributed by atoms with Gasteiger partial charge in [0.05, 0.1) is 22.6 Å². The fraction of sp³-hybridized carbons (Fsp3) is 0.565. The topological polar surface area (TPSA) is 79.5 Å². The minimum Gasteiger partial charge on any atom is -0.489 e. The first-order valence-corrected chi connectivity index (χ1v) is 12.7. The third-order valence-corrected chi connectivity index (χ3v) is 7.86. The molecule has 1 aromatic heterocycles. The summed E-state index contributed by atoms with van der Waals surface area (Å²) in [7, 11) is 0. The van der Waals surface area contributed by atoms with E-state index in [1.54, 1.807) is 19.1 Å². The van der Waals surface area contributed by atoms with Gasteiger partial charge >= 0.3 is 0 Å². The molecule has 4 rings (SSSR count). The van der Waals surface area contributed by atoms with Gasteiger partial charge in [-0.3, -0.25) is 14.7 Å². The normalized spacial score (nSPS) is 23.2. The van der Waals surface area contributed by atoms with Crippen LogP contribution in [0.5, 0.6) is 11.8 Å². The molecule has 2 aliphatic rings. The number of benzene rings is 1. The van der Waals surface area contributed by atoms with Gasteiger partial charge in [-0.05, 0) is 42.2 Å². The first kappa shape index (κ1) is 27.2. The lowest BCUT2D eigenvalue weighted by molar-refractivity contribution is 0.107. The number of hydrogen-bond acceptors (Lipinski definition) is 6. The number of allylic oxidation sites excluding steroid dienone is 1. The maximum absolute atomic E-state index is 15.1. The van der Waals surface area contributed by atoms with Crippen LogP contribution in [-0.4, -0.2) is 71.9 Å². The minimum atomic E-state index is -2.57. The number of nitrogens with zero attached hydrogens (tertiary/aromatic N) is 2. The lowest BCUT2D eigenvalue weighted by Crippen LogP contribution is -2.43. The second kappa shape index (κ2) is 11.2. The third-order valence-electron chi connectivity index (χ3n) is 6.52. The average Bonchev–Trinajstić information content (AvgIpc) is 3.35. The van der Waals surface area contributed by atoms with Crippen molar-refractivity contribution in [3.05, 3.63) is 37.8 Å². The number of hydrogen-bond donors (Lipinski definition) is 2. The molecule has 13 heteroatoms. The van der Waals surface area contributed by atoms with Crippen LogP contribution in [0.15, 0.2) is 21.4 Å². The van der Waals surface area contributed by atoms with Crippen LogP contribution in [0.4, 0.5) is 17.6 Å². The molecule has 0 saturated carbocycles. The highest BCUT2D eigenvalue weighted by Crippen LogP contribution is 2.42. The van der Waals surface area contributed by atoms with Crippen molar-refractivity contribution in [2.45, 2.75) is 50.4 Å². The van der Waals surface area contributed by atoms with Crippen molar-refractivity contribution in [1.82, 2.24) is 20.2 Å². The van der Waals surface area contributed by atoms with E-state index in [0.717, 1.165) is 19.4 Å². The largest absolute Gasteiger partial charge is 0.489 e. The molecule has 2 saturated heterocycles. The van der Waals surface area contributed by atoms with E-state index >= 15 is 4.39 Å². The van der Waals surface area contributed by atoms with E-state index in [0.29, 0.717) is 13.0 Å². The van der Waals surface area contributed by atoms with Crippen LogP contribution >= 0.6 is 27.5 Å². The lowest BCUT2D eigenvalue weighted by Gasteiger charge is -2.30. The second-order valence-corrected chi connectivity index (χ2v) is 10.1. The Kier molecular flexibility index (Phi) is 8.48. The zero-order chi connectivity index (χ0) is 26.0. The number of rotatable bonds is 10. The molecule has 198 valence electrons. The molecule has 2 aromatic rings. The molecular formula is C23H26BrClF4N4O3. The van der Waals surface area contributed by atoms with Crippen molar-refractivity contribution in [2.24, 2.45) is 0 Å². The van der Waals surface area contributed by atoms with Gasteiger partial charge in [0.1, 0.15) is 35.3 Å². The highest BCUT2D eigenvalue weighted by Gasteiger charge is 2.49. The highest BCUT2D eigenvalue weighted by atomic mass is 79.9. The van der Waals surface area contributed by atoms with Gasteiger partial charge < -0.3 is 14.8 Å². The maximum atomic E-state index is 15.1. The molecule has 7 nitrogen and oxygen atoms in total. The SMILES string of the molecule is C/C=C\[C@@H](COc1c(Cl)c(Br)c(F)c2nc(OC[C@@]34CCCN3C[C@H](F)C4)[nH]c(=O)c12)NCC(F)F. The number of ether oxygens (including phenoxy) is 2. The molecule has 0 aliphatic carbocycles. The average molecular weight is 598 g/mol. The zero-order valence-corrected chi connectivity index (χ0v) is 21.8. The third kappa shape index (κ3) is 5.51. The van der Waals surface area contributed by atoms with E-state index in [1.807, 2.05) is 4.90 Å². The van der Waals surface area contributed by atoms with Crippen molar-refractivity contribution in [1.29, 1.82) is 0 Å². The van der Waals surface area contributed by atoms with Crippen LogP contribution < -0.4 is 20.3 Å². The van der Waals surface area contributed by atoms with Gasteiger partial charge in [0, 0.05) is 13.0 Å². The molecule has 36 heavy (non-hydrogen) atoms. The number of aromatic amines is 1. The molecular weight excluding hydrogens is 572 g/mol. The minimum absolute atomic E-state index is 0.0996. The molecule has 2 aliphatic heterocycles. The summed E-state index contributed by atoms with van der Waals surface area (Å²) < 4.78 is 65.7. The second-order valence-electron chi connectivity index (χ2n) is 8.97. The van der Waals surface area contributed by atoms with Gasteiger partial charge in [-0.15, -0.1) is 0 Å². The van der Waals surface area contributed by atoms with Gasteiger partial charge in [-0.1, -0.05) is 23.8 Å². The Morgan fingerprint density at radius 2 is 2.19 bits per heavy atom. The fourth-order valence-corrected chi connectivity index (χ4v) is 5.52. The van der Waals surface area contributed by atoms with Crippen molar-refractivity contribution in [3.63, 3.8) is 0 Å². The molecule has 0 spiro atoms. The number of fused-ring (bicyclic) bond motifs is 2. The smallest absolute Gasteiger partial charge is 0.297 e. The van der Waals surface area contributed by atoms with E-state index in [4.69, 9.17) is 21.1 Å². The summed E-state index contributed by atoms with van der Waals surface area (Å²) in [6.07, 6.45) is 1.75. The van der Waals surface area contributed by atoms with E-state index in [-0.39, 0.29) is 45.4 Å². The Morgan fingerprint density at radius 3 is 2.92 bits per heavy atom. The van der Waals surface area contributed by atoms with E-state index in [1.165, 1.54) is 0 Å². The predicted octanol–water partition coefficient (Wildman–Crippen LogP) is 4.61. The van der Waals surface area contributed by atoms with E-state index < -0.39 is 42.1 Å². The number of nitrogens with one attached hydrogen (secondary N) is 2. The van der Waals surface area contributed by atoms with Crippen LogP contribution in [-0.2, 0) is 0 Å². The molecule has 2 N–H and O–H groups in total. The molecule has 3 heterocycles. The van der Waals surface area contributed by atoms with Gasteiger partial charge in [0.2, 0.25) is 0 Å². The Hall–Kier alpha value is -1.89. The summed E-state index contributed by atoms with van der Waals surface area (Å²) in [6.45, 7) is 2.20. The maximum Gasteiger partial charge on any atom is 0.297 e. The molecule has 0 amide bonds. The molecule has 0 bridgehead atoms. The Balaban J connectivity index is 1.61. The van der Waals surface area contributed by atoms with E-state index in [2.05, 4.69) is 31.2 Å². The van der Waals surface area contributed by atoms with Crippen molar-refractivity contribution >= 4 is 38.4 Å². The summed E-state index contributed by atoms with van der Waals surface area (Å²) in [4.78, 5) is 21.7. The van der Waals surface area contributed by atoms with Crippen molar-refractivity contribution < 1.29 is 27.0 Å².